The van der Waals surface area contributed by atoms with Gasteiger partial charge in [-0.3, -0.25) is 0 Å². The summed E-state index contributed by atoms with van der Waals surface area (Å²) in [7, 11) is 0. The van der Waals surface area contributed by atoms with Crippen LogP contribution in [0.5, 0.6) is 0 Å². The molecule has 1 saturated carbocycles. The molecule has 4 heteroatoms. The van der Waals surface area contributed by atoms with Gasteiger partial charge >= 0.3 is 0 Å². The summed E-state index contributed by atoms with van der Waals surface area (Å²) >= 11 is 1.50. The van der Waals surface area contributed by atoms with Gasteiger partial charge in [-0.2, -0.15) is 0 Å². The molecule has 0 radical (unpaired) electrons. The van der Waals surface area contributed by atoms with Crippen molar-refractivity contribution in [1.82, 2.24) is 5.32 Å². The van der Waals surface area contributed by atoms with Gasteiger partial charge in [0.1, 0.15) is 11.6 Å². The molecule has 0 aromatic heterocycles. The Morgan fingerprint density at radius 3 is 2.90 bits per heavy atom. The third-order valence-electron chi connectivity index (χ3n) is 3.96. The van der Waals surface area contributed by atoms with Crippen LogP contribution in [0.1, 0.15) is 39.0 Å². The smallest absolute Gasteiger partial charge is 0.139 e. The van der Waals surface area contributed by atoms with E-state index in [0.717, 1.165) is 24.8 Å². The third-order valence-corrected chi connectivity index (χ3v) is 5.04. The average Bonchev–Trinajstić information content (AvgIpc) is 2.86. The molecular weight excluding hydrogens is 276 g/mol. The van der Waals surface area contributed by atoms with E-state index in [9.17, 15) is 8.78 Å². The Balaban J connectivity index is 1.77. The van der Waals surface area contributed by atoms with Crippen LogP contribution in [0.25, 0.3) is 0 Å². The second-order valence-electron chi connectivity index (χ2n) is 5.46. The number of thioether (sulfide) groups is 1. The van der Waals surface area contributed by atoms with Crippen molar-refractivity contribution in [2.24, 2.45) is 5.92 Å². The molecule has 1 fully saturated rings. The van der Waals surface area contributed by atoms with E-state index < -0.39 is 11.6 Å². The minimum atomic E-state index is -0.508. The van der Waals surface area contributed by atoms with Crippen LogP contribution in [0.15, 0.2) is 23.1 Å². The number of hydrogen-bond acceptors (Lipinski definition) is 2. The zero-order chi connectivity index (χ0) is 14.4. The average molecular weight is 299 g/mol. The predicted octanol–water partition coefficient (Wildman–Crippen LogP) is 4.62. The fourth-order valence-corrected chi connectivity index (χ4v) is 3.89. The van der Waals surface area contributed by atoms with Crippen LogP contribution in [0.3, 0.4) is 0 Å². The molecule has 1 aromatic rings. The quantitative estimate of drug-likeness (QED) is 0.738. The van der Waals surface area contributed by atoms with Gasteiger partial charge in [-0.1, -0.05) is 13.3 Å². The highest BCUT2D eigenvalue weighted by molar-refractivity contribution is 7.99. The van der Waals surface area contributed by atoms with Crippen LogP contribution >= 0.6 is 11.8 Å². The molecule has 0 bridgehead atoms. The topological polar surface area (TPSA) is 12.0 Å². The first kappa shape index (κ1) is 15.8. The summed E-state index contributed by atoms with van der Waals surface area (Å²) in [6.07, 6.45) is 6.09. The Labute approximate surface area is 124 Å². The molecule has 2 unspecified atom stereocenters. The normalized spacial score (nSPS) is 22.4. The third kappa shape index (κ3) is 4.45. The molecule has 112 valence electrons. The van der Waals surface area contributed by atoms with Crippen molar-refractivity contribution >= 4 is 11.8 Å². The molecule has 0 spiro atoms. The lowest BCUT2D eigenvalue weighted by Gasteiger charge is -2.20. The molecule has 1 nitrogen and oxygen atoms in total. The van der Waals surface area contributed by atoms with Crippen molar-refractivity contribution in [3.05, 3.63) is 29.8 Å². The standard InChI is InChI=1S/C16H23F2NS/c1-2-9-19-15-5-3-4-12(15)8-10-20-16-7-6-13(17)11-14(16)18/h6-7,11-12,15,19H,2-5,8-10H2,1H3. The highest BCUT2D eigenvalue weighted by Crippen LogP contribution is 2.31. The van der Waals surface area contributed by atoms with E-state index in [2.05, 4.69) is 12.2 Å². The zero-order valence-electron chi connectivity index (χ0n) is 12.0. The first-order valence-corrected chi connectivity index (χ1v) is 8.50. The van der Waals surface area contributed by atoms with E-state index in [1.807, 2.05) is 0 Å². The Bertz CT molecular complexity index is 425. The van der Waals surface area contributed by atoms with Crippen molar-refractivity contribution in [3.63, 3.8) is 0 Å². The highest BCUT2D eigenvalue weighted by atomic mass is 32.2. The number of halogens is 2. The van der Waals surface area contributed by atoms with E-state index in [-0.39, 0.29) is 0 Å². The van der Waals surface area contributed by atoms with Crippen LogP contribution in [-0.2, 0) is 0 Å². The lowest BCUT2D eigenvalue weighted by atomic mass is 10.0. The van der Waals surface area contributed by atoms with Gasteiger partial charge in [0.15, 0.2) is 0 Å². The molecule has 1 N–H and O–H groups in total. The minimum Gasteiger partial charge on any atom is -0.314 e. The van der Waals surface area contributed by atoms with E-state index in [0.29, 0.717) is 16.9 Å². The molecular formula is C16H23F2NS. The maximum atomic E-state index is 13.5. The predicted molar refractivity (Wildman–Crippen MR) is 81.1 cm³/mol. The fourth-order valence-electron chi connectivity index (χ4n) is 2.89. The van der Waals surface area contributed by atoms with Crippen molar-refractivity contribution in [2.75, 3.05) is 12.3 Å². The molecule has 1 aliphatic rings. The lowest BCUT2D eigenvalue weighted by Crippen LogP contribution is -2.33. The second kappa shape index (κ2) is 7.99. The molecule has 0 saturated heterocycles. The van der Waals surface area contributed by atoms with Crippen molar-refractivity contribution in [3.8, 4) is 0 Å². The number of hydrogen-bond donors (Lipinski definition) is 1. The number of benzene rings is 1. The molecule has 0 amide bonds. The molecule has 1 aromatic carbocycles. The number of nitrogens with one attached hydrogen (secondary N) is 1. The minimum absolute atomic E-state index is 0.443. The fraction of sp³-hybridized carbons (Fsp3) is 0.625. The Kier molecular flexibility index (Phi) is 6.30. The van der Waals surface area contributed by atoms with Gasteiger partial charge in [0, 0.05) is 17.0 Å². The summed E-state index contributed by atoms with van der Waals surface area (Å²) in [5.41, 5.74) is 0. The summed E-state index contributed by atoms with van der Waals surface area (Å²) in [6.45, 7) is 3.27. The highest BCUT2D eigenvalue weighted by Gasteiger charge is 2.26. The van der Waals surface area contributed by atoms with E-state index >= 15 is 0 Å². The summed E-state index contributed by atoms with van der Waals surface area (Å²) in [5, 5.41) is 3.62. The SMILES string of the molecule is CCCNC1CCCC1CCSc1ccc(F)cc1F. The summed E-state index contributed by atoms with van der Waals surface area (Å²) < 4.78 is 26.3. The van der Waals surface area contributed by atoms with Crippen molar-refractivity contribution in [2.45, 2.75) is 50.0 Å². The van der Waals surface area contributed by atoms with Gasteiger partial charge in [-0.25, -0.2) is 8.78 Å². The second-order valence-corrected chi connectivity index (χ2v) is 6.60. The van der Waals surface area contributed by atoms with E-state index in [4.69, 9.17) is 0 Å². The summed E-state index contributed by atoms with van der Waals surface area (Å²) in [6, 6.07) is 4.46. The van der Waals surface area contributed by atoms with Gasteiger partial charge < -0.3 is 5.32 Å². The number of rotatable bonds is 7. The summed E-state index contributed by atoms with van der Waals surface area (Å²) in [5.74, 6) is 0.656. The first-order chi connectivity index (χ1) is 9.70. The Morgan fingerprint density at radius 1 is 1.30 bits per heavy atom. The molecule has 1 aliphatic carbocycles. The Morgan fingerprint density at radius 2 is 2.15 bits per heavy atom. The van der Waals surface area contributed by atoms with Gasteiger partial charge in [-0.15, -0.1) is 11.8 Å². The van der Waals surface area contributed by atoms with E-state index in [1.165, 1.54) is 49.6 Å². The van der Waals surface area contributed by atoms with Gasteiger partial charge in [0.2, 0.25) is 0 Å². The van der Waals surface area contributed by atoms with Crippen molar-refractivity contribution < 1.29 is 8.78 Å². The lowest BCUT2D eigenvalue weighted by molar-refractivity contribution is 0.393. The van der Waals surface area contributed by atoms with E-state index in [1.54, 1.807) is 0 Å². The molecule has 20 heavy (non-hydrogen) atoms. The maximum absolute atomic E-state index is 13.5. The monoisotopic (exact) mass is 299 g/mol. The molecule has 0 aliphatic heterocycles. The van der Waals surface area contributed by atoms with Gasteiger partial charge in [0.25, 0.3) is 0 Å². The van der Waals surface area contributed by atoms with Crippen molar-refractivity contribution in [1.29, 1.82) is 0 Å². The first-order valence-electron chi connectivity index (χ1n) is 7.52. The summed E-state index contributed by atoms with van der Waals surface area (Å²) in [4.78, 5) is 0.558. The van der Waals surface area contributed by atoms with Crippen LogP contribution in [0, 0.1) is 17.6 Å². The maximum Gasteiger partial charge on any atom is 0.139 e. The Hall–Kier alpha value is -0.610. The van der Waals surface area contributed by atoms with Gasteiger partial charge in [-0.05, 0) is 56.0 Å². The van der Waals surface area contributed by atoms with Crippen LogP contribution < -0.4 is 5.32 Å². The molecule has 0 heterocycles. The van der Waals surface area contributed by atoms with Gasteiger partial charge in [0.05, 0.1) is 0 Å². The molecule has 2 atom stereocenters. The molecule has 2 rings (SSSR count). The van der Waals surface area contributed by atoms with Crippen LogP contribution in [0.2, 0.25) is 0 Å². The largest absolute Gasteiger partial charge is 0.314 e. The zero-order valence-corrected chi connectivity index (χ0v) is 12.8. The van der Waals surface area contributed by atoms with Crippen LogP contribution in [-0.4, -0.2) is 18.3 Å². The van der Waals surface area contributed by atoms with Crippen LogP contribution in [0.4, 0.5) is 8.78 Å².